The Balaban J connectivity index is 1.33. The third-order valence-electron chi connectivity index (χ3n) is 6.69. The van der Waals surface area contributed by atoms with Gasteiger partial charge < -0.3 is 15.0 Å². The molecular formula is C23H32N2O2S. The van der Waals surface area contributed by atoms with Crippen LogP contribution in [-0.2, 0) is 11.3 Å². The molecule has 2 aromatic rings. The van der Waals surface area contributed by atoms with Gasteiger partial charge in [-0.1, -0.05) is 6.07 Å². The smallest absolute Gasteiger partial charge is 0.248 e. The van der Waals surface area contributed by atoms with Gasteiger partial charge in [-0.25, -0.2) is 0 Å². The van der Waals surface area contributed by atoms with Crippen LogP contribution in [-0.4, -0.2) is 23.7 Å². The second-order valence-electron chi connectivity index (χ2n) is 8.60. The molecule has 28 heavy (non-hydrogen) atoms. The lowest BCUT2D eigenvalue weighted by atomic mass is 9.76. The minimum Gasteiger partial charge on any atom is -0.374 e. The second-order valence-corrected chi connectivity index (χ2v) is 9.95. The summed E-state index contributed by atoms with van der Waals surface area (Å²) in [5.41, 5.74) is 2.39. The SMILES string of the molecule is Cc1cc(CNCCC2CCOC3(CCCC3c3cccc(=O)[nH]3)C2)sc1C. The van der Waals surface area contributed by atoms with Crippen molar-refractivity contribution >= 4 is 11.3 Å². The van der Waals surface area contributed by atoms with Crippen molar-refractivity contribution < 1.29 is 4.74 Å². The minimum absolute atomic E-state index is 0.00448. The molecule has 4 rings (SSSR count). The number of aromatic amines is 1. The Hall–Kier alpha value is -1.43. The molecule has 2 aromatic heterocycles. The molecule has 2 N–H and O–H groups in total. The molecule has 0 aromatic carbocycles. The van der Waals surface area contributed by atoms with Crippen molar-refractivity contribution in [1.29, 1.82) is 0 Å². The monoisotopic (exact) mass is 400 g/mol. The Bertz CT molecular complexity index is 839. The standard InChI is InChI=1S/C23H32N2O2S/c1-16-13-19(28-17(16)2)15-24-11-8-18-9-12-27-23(14-18)10-4-5-20(23)21-6-3-7-22(26)25-21/h3,6-7,13,18,20,24H,4-5,8-12,14-15H2,1-2H3,(H,25,26). The van der Waals surface area contributed by atoms with E-state index in [2.05, 4.69) is 36.3 Å². The van der Waals surface area contributed by atoms with E-state index in [9.17, 15) is 4.79 Å². The summed E-state index contributed by atoms with van der Waals surface area (Å²) in [6, 6.07) is 7.84. The van der Waals surface area contributed by atoms with Crippen LogP contribution in [0.3, 0.4) is 0 Å². The maximum Gasteiger partial charge on any atom is 0.248 e. The molecule has 0 radical (unpaired) electrons. The summed E-state index contributed by atoms with van der Waals surface area (Å²) < 4.78 is 6.41. The van der Waals surface area contributed by atoms with Gasteiger partial charge in [0.1, 0.15) is 0 Å². The second kappa shape index (κ2) is 8.52. The van der Waals surface area contributed by atoms with Crippen molar-refractivity contribution in [2.75, 3.05) is 13.2 Å². The Morgan fingerprint density at radius 1 is 1.32 bits per heavy atom. The fraction of sp³-hybridized carbons (Fsp3) is 0.609. The highest BCUT2D eigenvalue weighted by Gasteiger charge is 2.48. The van der Waals surface area contributed by atoms with Gasteiger partial charge in [0.05, 0.1) is 5.60 Å². The normalized spacial score (nSPS) is 27.5. The first-order valence-corrected chi connectivity index (χ1v) is 11.5. The molecule has 1 aliphatic heterocycles. The first kappa shape index (κ1) is 19.9. The number of H-pyrrole nitrogens is 1. The van der Waals surface area contributed by atoms with E-state index < -0.39 is 0 Å². The zero-order chi connectivity index (χ0) is 19.6. The largest absolute Gasteiger partial charge is 0.374 e. The van der Waals surface area contributed by atoms with E-state index in [0.29, 0.717) is 11.8 Å². The first-order chi connectivity index (χ1) is 13.6. The van der Waals surface area contributed by atoms with Crippen molar-refractivity contribution in [3.8, 4) is 0 Å². The number of nitrogens with one attached hydrogen (secondary N) is 2. The molecule has 3 heterocycles. The van der Waals surface area contributed by atoms with Crippen LogP contribution >= 0.6 is 11.3 Å². The van der Waals surface area contributed by atoms with E-state index in [-0.39, 0.29) is 11.2 Å². The topological polar surface area (TPSA) is 54.1 Å². The summed E-state index contributed by atoms with van der Waals surface area (Å²) in [6.07, 6.45) is 6.89. The summed E-state index contributed by atoms with van der Waals surface area (Å²) in [5.74, 6) is 1.03. The van der Waals surface area contributed by atoms with Gasteiger partial charge in [-0.05, 0) is 82.5 Å². The van der Waals surface area contributed by atoms with Gasteiger partial charge in [0.25, 0.3) is 0 Å². The van der Waals surface area contributed by atoms with Crippen molar-refractivity contribution in [3.63, 3.8) is 0 Å². The number of rotatable bonds is 6. The fourth-order valence-electron chi connectivity index (χ4n) is 5.15. The highest BCUT2D eigenvalue weighted by molar-refractivity contribution is 7.12. The van der Waals surface area contributed by atoms with E-state index in [1.54, 1.807) is 6.07 Å². The molecule has 0 amide bonds. The van der Waals surface area contributed by atoms with Gasteiger partial charge in [0.15, 0.2) is 0 Å². The van der Waals surface area contributed by atoms with E-state index in [1.165, 1.54) is 28.2 Å². The lowest BCUT2D eigenvalue weighted by Crippen LogP contribution is -2.43. The number of thiophene rings is 1. The molecule has 4 nitrogen and oxygen atoms in total. The van der Waals surface area contributed by atoms with Gasteiger partial charge in [0.2, 0.25) is 5.56 Å². The highest BCUT2D eigenvalue weighted by Crippen LogP contribution is 2.50. The van der Waals surface area contributed by atoms with Crippen LogP contribution in [0.5, 0.6) is 0 Å². The Kier molecular flexibility index (Phi) is 6.04. The van der Waals surface area contributed by atoms with Crippen LogP contribution in [0.2, 0.25) is 0 Å². The van der Waals surface area contributed by atoms with Crippen LogP contribution in [0.15, 0.2) is 29.1 Å². The van der Waals surface area contributed by atoms with Gasteiger partial charge in [-0.3, -0.25) is 4.79 Å². The summed E-state index contributed by atoms with van der Waals surface area (Å²) in [4.78, 5) is 17.7. The molecule has 1 aliphatic carbocycles. The number of aryl methyl sites for hydroxylation is 2. The van der Waals surface area contributed by atoms with E-state index >= 15 is 0 Å². The predicted molar refractivity (Wildman–Crippen MR) is 115 cm³/mol. The lowest BCUT2D eigenvalue weighted by Gasteiger charge is -2.42. The van der Waals surface area contributed by atoms with Gasteiger partial charge in [-0.15, -0.1) is 11.3 Å². The van der Waals surface area contributed by atoms with Crippen LogP contribution < -0.4 is 10.9 Å². The van der Waals surface area contributed by atoms with E-state index in [4.69, 9.17) is 4.74 Å². The van der Waals surface area contributed by atoms with Gasteiger partial charge >= 0.3 is 0 Å². The molecular weight excluding hydrogens is 368 g/mol. The summed E-state index contributed by atoms with van der Waals surface area (Å²) >= 11 is 1.90. The molecule has 5 heteroatoms. The Labute approximate surface area is 171 Å². The molecule has 3 unspecified atom stereocenters. The van der Waals surface area contributed by atoms with E-state index in [1.807, 2.05) is 17.4 Å². The van der Waals surface area contributed by atoms with Crippen LogP contribution in [0.25, 0.3) is 0 Å². The number of aromatic nitrogens is 1. The summed E-state index contributed by atoms with van der Waals surface area (Å²) in [6.45, 7) is 7.27. The average molecular weight is 401 g/mol. The molecule has 2 fully saturated rings. The van der Waals surface area contributed by atoms with E-state index in [0.717, 1.165) is 51.1 Å². The maximum absolute atomic E-state index is 11.8. The van der Waals surface area contributed by atoms with Crippen LogP contribution in [0.4, 0.5) is 0 Å². The number of hydrogen-bond donors (Lipinski definition) is 2. The van der Waals surface area contributed by atoms with Crippen molar-refractivity contribution in [1.82, 2.24) is 10.3 Å². The van der Waals surface area contributed by atoms with Crippen molar-refractivity contribution in [3.05, 3.63) is 55.6 Å². The fourth-order valence-corrected chi connectivity index (χ4v) is 6.17. The molecule has 152 valence electrons. The summed E-state index contributed by atoms with van der Waals surface area (Å²) in [5, 5.41) is 3.64. The molecule has 1 saturated heterocycles. The molecule has 0 bridgehead atoms. The summed E-state index contributed by atoms with van der Waals surface area (Å²) in [7, 11) is 0. The minimum atomic E-state index is -0.0742. The number of ether oxygens (including phenoxy) is 1. The van der Waals surface area contributed by atoms with Crippen LogP contribution in [0.1, 0.15) is 65.5 Å². The average Bonchev–Trinajstić information content (AvgIpc) is 3.22. The molecule has 1 spiro atoms. The first-order valence-electron chi connectivity index (χ1n) is 10.7. The maximum atomic E-state index is 11.8. The zero-order valence-electron chi connectivity index (χ0n) is 17.1. The number of hydrogen-bond acceptors (Lipinski definition) is 4. The van der Waals surface area contributed by atoms with Crippen LogP contribution in [0, 0.1) is 19.8 Å². The van der Waals surface area contributed by atoms with Crippen molar-refractivity contribution in [2.45, 2.75) is 70.4 Å². The lowest BCUT2D eigenvalue weighted by molar-refractivity contribution is -0.105. The highest BCUT2D eigenvalue weighted by atomic mass is 32.1. The molecule has 1 saturated carbocycles. The quantitative estimate of drug-likeness (QED) is 0.693. The third-order valence-corrected chi connectivity index (χ3v) is 7.84. The van der Waals surface area contributed by atoms with Gasteiger partial charge in [0, 0.05) is 40.6 Å². The molecule has 3 atom stereocenters. The predicted octanol–water partition coefficient (Wildman–Crippen LogP) is 4.67. The Morgan fingerprint density at radius 2 is 2.21 bits per heavy atom. The van der Waals surface area contributed by atoms with Gasteiger partial charge in [-0.2, -0.15) is 0 Å². The zero-order valence-corrected chi connectivity index (χ0v) is 17.9. The number of pyridine rings is 1. The third kappa shape index (κ3) is 4.27. The Morgan fingerprint density at radius 3 is 3.00 bits per heavy atom. The van der Waals surface area contributed by atoms with Crippen molar-refractivity contribution in [2.24, 2.45) is 5.92 Å². The molecule has 2 aliphatic rings.